The molecule has 0 saturated heterocycles. The average molecular weight is 545 g/mol. The zero-order valence-electron chi connectivity index (χ0n) is 22.0. The highest BCUT2D eigenvalue weighted by Gasteiger charge is 2.18. The minimum atomic E-state index is 0.371. The second-order valence-corrected chi connectivity index (χ2v) is 9.82. The molecule has 0 amide bonds. The Morgan fingerprint density at radius 2 is 0.786 bits per heavy atom. The van der Waals surface area contributed by atoms with E-state index >= 15 is 0 Å². The zero-order valence-corrected chi connectivity index (χ0v) is 22.0. The number of pyridine rings is 2. The lowest BCUT2D eigenvalue weighted by Gasteiger charge is -2.06. The van der Waals surface area contributed by atoms with Crippen LogP contribution in [0.2, 0.25) is 0 Å². The van der Waals surface area contributed by atoms with Gasteiger partial charge in [-0.25, -0.2) is 0 Å². The van der Waals surface area contributed by atoms with Gasteiger partial charge in [-0.15, -0.1) is 20.4 Å². The maximum absolute atomic E-state index is 6.16. The smallest absolute Gasteiger partial charge is 0.249 e. The van der Waals surface area contributed by atoms with E-state index in [4.69, 9.17) is 8.83 Å². The summed E-state index contributed by atoms with van der Waals surface area (Å²) in [5.74, 6) is 1.52. The summed E-state index contributed by atoms with van der Waals surface area (Å²) in [6, 6.07) is 35.8. The molecule has 198 valence electrons. The van der Waals surface area contributed by atoms with Gasteiger partial charge in [-0.1, -0.05) is 66.7 Å². The molecule has 0 spiro atoms. The highest BCUT2D eigenvalue weighted by atomic mass is 16.4. The highest BCUT2D eigenvalue weighted by Crippen LogP contribution is 2.34. The van der Waals surface area contributed by atoms with Crippen LogP contribution in [0, 0.1) is 0 Å². The summed E-state index contributed by atoms with van der Waals surface area (Å²) in [6.07, 6.45) is 3.49. The summed E-state index contributed by atoms with van der Waals surface area (Å²) in [7, 11) is 0. The van der Waals surface area contributed by atoms with Crippen molar-refractivity contribution in [2.75, 3.05) is 0 Å². The van der Waals surface area contributed by atoms with Crippen LogP contribution in [0.5, 0.6) is 0 Å². The molecule has 8 aromatic rings. The number of aromatic nitrogens is 6. The van der Waals surface area contributed by atoms with Crippen LogP contribution < -0.4 is 0 Å². The molecule has 0 bridgehead atoms. The molecule has 0 N–H and O–H groups in total. The van der Waals surface area contributed by atoms with E-state index in [0.717, 1.165) is 55.2 Å². The van der Waals surface area contributed by atoms with E-state index in [1.54, 1.807) is 12.4 Å². The van der Waals surface area contributed by atoms with Crippen LogP contribution in [-0.4, -0.2) is 30.4 Å². The van der Waals surface area contributed by atoms with Crippen molar-refractivity contribution in [1.82, 2.24) is 30.4 Å². The number of hydrogen-bond acceptors (Lipinski definition) is 8. The van der Waals surface area contributed by atoms with Crippen molar-refractivity contribution >= 4 is 21.8 Å². The Kier molecular flexibility index (Phi) is 5.60. The second-order valence-electron chi connectivity index (χ2n) is 9.82. The van der Waals surface area contributed by atoms with Gasteiger partial charge in [0.25, 0.3) is 0 Å². The van der Waals surface area contributed by atoms with Crippen molar-refractivity contribution in [1.29, 1.82) is 0 Å². The molecule has 0 aliphatic heterocycles. The quantitative estimate of drug-likeness (QED) is 0.215. The van der Waals surface area contributed by atoms with E-state index in [2.05, 4.69) is 30.4 Å². The van der Waals surface area contributed by atoms with Gasteiger partial charge in [0, 0.05) is 34.3 Å². The molecule has 0 saturated carbocycles. The lowest BCUT2D eigenvalue weighted by Crippen LogP contribution is -1.86. The lowest BCUT2D eigenvalue weighted by atomic mass is 9.99. The van der Waals surface area contributed by atoms with Crippen LogP contribution in [0.15, 0.2) is 130 Å². The van der Waals surface area contributed by atoms with Gasteiger partial charge in [0.2, 0.25) is 23.6 Å². The van der Waals surface area contributed by atoms with Crippen LogP contribution in [0.3, 0.4) is 0 Å². The summed E-state index contributed by atoms with van der Waals surface area (Å²) < 4.78 is 12.3. The van der Waals surface area contributed by atoms with Crippen LogP contribution in [-0.2, 0) is 0 Å². The van der Waals surface area contributed by atoms with Gasteiger partial charge in [0.15, 0.2) is 0 Å². The monoisotopic (exact) mass is 544 g/mol. The van der Waals surface area contributed by atoms with Crippen molar-refractivity contribution in [3.05, 3.63) is 122 Å². The molecule has 8 rings (SSSR count). The maximum atomic E-state index is 6.16. The standard InChI is InChI=1S/C34H20N6O2/c1-2-8-21(9-3-1)24-16-25(31-37-39-33(41-31)27-14-22-10-4-6-12-29(22)35-19-27)18-26(17-24)32-38-40-34(42-32)28-15-23-11-5-7-13-30(23)36-20-28/h1-20H. The first-order valence-corrected chi connectivity index (χ1v) is 13.4. The molecule has 0 unspecified atom stereocenters. The van der Waals surface area contributed by atoms with E-state index in [0.29, 0.717) is 23.6 Å². The third-order valence-electron chi connectivity index (χ3n) is 7.06. The van der Waals surface area contributed by atoms with Crippen LogP contribution in [0.25, 0.3) is 78.7 Å². The fourth-order valence-electron chi connectivity index (χ4n) is 4.96. The molecule has 0 radical (unpaired) electrons. The molecule has 0 aliphatic carbocycles. The Balaban J connectivity index is 1.20. The fraction of sp³-hybridized carbons (Fsp3) is 0. The zero-order chi connectivity index (χ0) is 27.9. The molecule has 4 aromatic carbocycles. The number of hydrogen-bond donors (Lipinski definition) is 0. The number of fused-ring (bicyclic) bond motifs is 2. The highest BCUT2D eigenvalue weighted by molar-refractivity contribution is 5.83. The predicted molar refractivity (Wildman–Crippen MR) is 160 cm³/mol. The second kappa shape index (κ2) is 9.87. The Morgan fingerprint density at radius 3 is 1.31 bits per heavy atom. The van der Waals surface area contributed by atoms with Crippen LogP contribution in [0.4, 0.5) is 0 Å². The van der Waals surface area contributed by atoms with Crippen molar-refractivity contribution in [2.45, 2.75) is 0 Å². The van der Waals surface area contributed by atoms with E-state index in [9.17, 15) is 0 Å². The summed E-state index contributed by atoms with van der Waals surface area (Å²) >= 11 is 0. The van der Waals surface area contributed by atoms with Gasteiger partial charge in [-0.2, -0.15) is 0 Å². The normalized spacial score (nSPS) is 11.3. The van der Waals surface area contributed by atoms with Crippen molar-refractivity contribution in [2.24, 2.45) is 0 Å². The third kappa shape index (κ3) is 4.37. The fourth-order valence-corrected chi connectivity index (χ4v) is 4.96. The van der Waals surface area contributed by atoms with Crippen molar-refractivity contribution in [3.8, 4) is 56.9 Å². The molecule has 0 fully saturated rings. The van der Waals surface area contributed by atoms with E-state index in [1.807, 2.05) is 109 Å². The summed E-state index contributed by atoms with van der Waals surface area (Å²) in [4.78, 5) is 9.06. The average Bonchev–Trinajstić information content (AvgIpc) is 3.76. The lowest BCUT2D eigenvalue weighted by molar-refractivity contribution is 0.582. The number of benzene rings is 4. The topological polar surface area (TPSA) is 104 Å². The first-order valence-electron chi connectivity index (χ1n) is 13.4. The summed E-state index contributed by atoms with van der Waals surface area (Å²) in [5, 5.41) is 19.4. The van der Waals surface area contributed by atoms with E-state index < -0.39 is 0 Å². The molecule has 4 aromatic heterocycles. The molecule has 8 heteroatoms. The molecule has 0 atom stereocenters. The number of rotatable bonds is 5. The first kappa shape index (κ1) is 23.8. The van der Waals surface area contributed by atoms with E-state index in [-0.39, 0.29) is 0 Å². The Bertz CT molecular complexity index is 2090. The minimum absolute atomic E-state index is 0.371. The molecule has 0 aliphatic rings. The summed E-state index contributed by atoms with van der Waals surface area (Å²) in [5.41, 5.74) is 6.73. The van der Waals surface area contributed by atoms with Crippen LogP contribution in [0.1, 0.15) is 0 Å². The largest absolute Gasteiger partial charge is 0.416 e. The number of para-hydroxylation sites is 2. The maximum Gasteiger partial charge on any atom is 0.249 e. The molecule has 42 heavy (non-hydrogen) atoms. The van der Waals surface area contributed by atoms with Gasteiger partial charge in [-0.3, -0.25) is 9.97 Å². The molecule has 4 heterocycles. The molecule has 8 nitrogen and oxygen atoms in total. The van der Waals surface area contributed by atoms with Gasteiger partial charge < -0.3 is 8.83 Å². The Labute approximate surface area is 239 Å². The molecular formula is C34H20N6O2. The van der Waals surface area contributed by atoms with Crippen molar-refractivity contribution in [3.63, 3.8) is 0 Å². The van der Waals surface area contributed by atoms with E-state index in [1.165, 1.54) is 0 Å². The van der Waals surface area contributed by atoms with Gasteiger partial charge in [-0.05, 0) is 53.6 Å². The Hall–Kier alpha value is -6.02. The number of nitrogens with zero attached hydrogens (tertiary/aromatic N) is 6. The minimum Gasteiger partial charge on any atom is -0.416 e. The van der Waals surface area contributed by atoms with Crippen LogP contribution >= 0.6 is 0 Å². The third-order valence-corrected chi connectivity index (χ3v) is 7.06. The SMILES string of the molecule is c1ccc(-c2cc(-c3nnc(-c4cnc5ccccc5c4)o3)cc(-c3nnc(-c4cnc5ccccc5c4)o3)c2)cc1. The first-order chi connectivity index (χ1) is 20.8. The summed E-state index contributed by atoms with van der Waals surface area (Å²) in [6.45, 7) is 0. The van der Waals surface area contributed by atoms with Gasteiger partial charge >= 0.3 is 0 Å². The van der Waals surface area contributed by atoms with Gasteiger partial charge in [0.05, 0.1) is 22.2 Å². The predicted octanol–water partition coefficient (Wildman–Crippen LogP) is 7.88. The Morgan fingerprint density at radius 1 is 0.357 bits per heavy atom. The van der Waals surface area contributed by atoms with Crippen molar-refractivity contribution < 1.29 is 8.83 Å². The van der Waals surface area contributed by atoms with Gasteiger partial charge in [0.1, 0.15) is 0 Å². The molecular weight excluding hydrogens is 524 g/mol.